The molecule has 0 unspecified atom stereocenters. The van der Waals surface area contributed by atoms with E-state index in [1.807, 2.05) is 31.2 Å². The molecule has 3 N–H and O–H groups in total. The Morgan fingerprint density at radius 2 is 2.00 bits per heavy atom. The number of nitrogens with one attached hydrogen (secondary N) is 3. The summed E-state index contributed by atoms with van der Waals surface area (Å²) in [6.45, 7) is 9.00. The smallest absolute Gasteiger partial charge is 0.249 e. The molecule has 7 heteroatoms. The average Bonchev–Trinajstić information content (AvgIpc) is 2.63. The fraction of sp³-hybridized carbons (Fsp3) is 0.500. The Balaban J connectivity index is 1.67. The van der Waals surface area contributed by atoms with Gasteiger partial charge in [-0.05, 0) is 26.0 Å². The second-order valence-corrected chi connectivity index (χ2v) is 6.67. The van der Waals surface area contributed by atoms with Crippen molar-refractivity contribution in [3.05, 3.63) is 29.8 Å². The molecule has 2 heterocycles. The van der Waals surface area contributed by atoms with E-state index in [9.17, 15) is 9.59 Å². The van der Waals surface area contributed by atoms with E-state index in [1.54, 1.807) is 4.90 Å². The summed E-state index contributed by atoms with van der Waals surface area (Å²) in [6, 6.07) is 6.91. The number of rotatable bonds is 3. The number of carbonyl (C=O) groups excluding carboxylic acids is 2. The maximum absolute atomic E-state index is 12.5. The number of aliphatic imine (C=N–C) groups is 1. The van der Waals surface area contributed by atoms with Gasteiger partial charge in [-0.2, -0.15) is 0 Å². The first-order valence-corrected chi connectivity index (χ1v) is 8.89. The molecule has 1 aromatic rings. The molecule has 0 aliphatic carbocycles. The summed E-state index contributed by atoms with van der Waals surface area (Å²) in [5.74, 6) is 0.142. The van der Waals surface area contributed by atoms with Crippen LogP contribution < -0.4 is 15.5 Å². The molecule has 1 fully saturated rings. The second kappa shape index (κ2) is 7.65. The number of hydrogen-bond acceptors (Lipinski definition) is 4. The van der Waals surface area contributed by atoms with Gasteiger partial charge in [-0.25, -0.2) is 4.99 Å². The van der Waals surface area contributed by atoms with Gasteiger partial charge in [0, 0.05) is 5.69 Å². The lowest BCUT2D eigenvalue weighted by atomic mass is 10.1. The molecule has 25 heavy (non-hydrogen) atoms. The van der Waals surface area contributed by atoms with Gasteiger partial charge in [0.05, 0.1) is 39.1 Å². The summed E-state index contributed by atoms with van der Waals surface area (Å²) in [6.07, 6.45) is 0.0847. The average molecular weight is 344 g/mol. The highest BCUT2D eigenvalue weighted by Gasteiger charge is 2.31. The van der Waals surface area contributed by atoms with Gasteiger partial charge in [0.25, 0.3) is 0 Å². The van der Waals surface area contributed by atoms with E-state index in [4.69, 9.17) is 0 Å². The fourth-order valence-electron chi connectivity index (χ4n) is 3.14. The van der Waals surface area contributed by atoms with Crippen LogP contribution >= 0.6 is 0 Å². The van der Waals surface area contributed by atoms with Crippen molar-refractivity contribution in [1.82, 2.24) is 10.2 Å². The van der Waals surface area contributed by atoms with Crippen molar-refractivity contribution < 1.29 is 14.5 Å². The van der Waals surface area contributed by atoms with E-state index >= 15 is 0 Å². The molecule has 2 aliphatic rings. The molecule has 2 aliphatic heterocycles. The molecule has 1 saturated heterocycles. The molecule has 0 aromatic heterocycles. The summed E-state index contributed by atoms with van der Waals surface area (Å²) in [4.78, 5) is 32.7. The van der Waals surface area contributed by atoms with Crippen LogP contribution in [0.3, 0.4) is 0 Å². The minimum absolute atomic E-state index is 0.0847. The first-order chi connectivity index (χ1) is 12.0. The Bertz CT molecular complexity index is 663. The lowest BCUT2D eigenvalue weighted by Crippen LogP contribution is -3.14. The van der Waals surface area contributed by atoms with Crippen molar-refractivity contribution >= 4 is 23.5 Å². The van der Waals surface area contributed by atoms with Crippen molar-refractivity contribution in [1.29, 1.82) is 0 Å². The van der Waals surface area contributed by atoms with Crippen LogP contribution in [-0.4, -0.2) is 61.4 Å². The number of hydrogen-bond donors (Lipinski definition) is 3. The zero-order valence-electron chi connectivity index (χ0n) is 14.8. The van der Waals surface area contributed by atoms with E-state index in [1.165, 1.54) is 0 Å². The molecule has 2 amide bonds. The minimum Gasteiger partial charge on any atom is -0.332 e. The molecule has 1 aromatic carbocycles. The fourth-order valence-corrected chi connectivity index (χ4v) is 3.14. The topological polar surface area (TPSA) is 78.2 Å². The highest BCUT2D eigenvalue weighted by molar-refractivity contribution is 6.05. The van der Waals surface area contributed by atoms with E-state index in [0.29, 0.717) is 5.96 Å². The molecule has 0 bridgehead atoms. The Labute approximate surface area is 148 Å². The van der Waals surface area contributed by atoms with Gasteiger partial charge in [-0.1, -0.05) is 17.7 Å². The summed E-state index contributed by atoms with van der Waals surface area (Å²) in [7, 11) is 0. The van der Waals surface area contributed by atoms with Crippen LogP contribution in [-0.2, 0) is 9.59 Å². The van der Waals surface area contributed by atoms with Crippen LogP contribution in [0.2, 0.25) is 0 Å². The number of quaternary nitrogens is 1. The van der Waals surface area contributed by atoms with E-state index in [2.05, 4.69) is 27.4 Å². The standard InChI is InChI=1S/C18H25N5O2/c1-3-22-8-10-23(11-9-22)18-20-15(12-16(24)21-18)17(25)19-14-6-4-13(2)5-7-14/h4-7,15H,3,8-12H2,1-2H3,(H,19,25)(H,20,21,24)/p+1/t15-/m1/s1. The minimum atomic E-state index is -0.679. The summed E-state index contributed by atoms with van der Waals surface area (Å²) < 4.78 is 0. The number of carbonyl (C=O) groups is 2. The molecule has 7 nitrogen and oxygen atoms in total. The maximum Gasteiger partial charge on any atom is 0.249 e. The Morgan fingerprint density at radius 3 is 2.64 bits per heavy atom. The zero-order valence-corrected chi connectivity index (χ0v) is 14.8. The van der Waals surface area contributed by atoms with E-state index < -0.39 is 6.04 Å². The van der Waals surface area contributed by atoms with E-state index in [0.717, 1.165) is 44.0 Å². The number of anilines is 1. The van der Waals surface area contributed by atoms with Crippen molar-refractivity contribution in [2.45, 2.75) is 26.3 Å². The van der Waals surface area contributed by atoms with Crippen molar-refractivity contribution in [2.75, 3.05) is 38.0 Å². The van der Waals surface area contributed by atoms with Gasteiger partial charge in [0.15, 0.2) is 0 Å². The van der Waals surface area contributed by atoms with Gasteiger partial charge in [-0.3, -0.25) is 14.9 Å². The number of aryl methyl sites for hydroxylation is 1. The molecule has 3 rings (SSSR count). The molecular formula is C18H26N5O2+. The first-order valence-electron chi connectivity index (χ1n) is 8.89. The number of benzene rings is 1. The molecule has 0 radical (unpaired) electrons. The van der Waals surface area contributed by atoms with Crippen molar-refractivity contribution in [3.8, 4) is 0 Å². The summed E-state index contributed by atoms with van der Waals surface area (Å²) in [5.41, 5.74) is 1.85. The molecule has 134 valence electrons. The Hall–Kier alpha value is -2.41. The number of guanidine groups is 1. The highest BCUT2D eigenvalue weighted by atomic mass is 16.2. The number of nitrogens with zero attached hydrogens (tertiary/aromatic N) is 2. The van der Waals surface area contributed by atoms with Gasteiger partial charge in [0.1, 0.15) is 6.04 Å². The third kappa shape index (κ3) is 4.36. The Morgan fingerprint density at radius 1 is 1.32 bits per heavy atom. The SMILES string of the molecule is CC[NH+]1CCN(C2=N[C@@H](C(=O)Nc3ccc(C)cc3)CC(=O)N2)CC1. The van der Waals surface area contributed by atoms with Gasteiger partial charge in [0.2, 0.25) is 17.8 Å². The predicted octanol–water partition coefficient (Wildman–Crippen LogP) is -0.602. The Kier molecular flexibility index (Phi) is 5.33. The van der Waals surface area contributed by atoms with Gasteiger partial charge in [-0.15, -0.1) is 0 Å². The van der Waals surface area contributed by atoms with Crippen LogP contribution in [0, 0.1) is 6.92 Å². The predicted molar refractivity (Wildman–Crippen MR) is 96.6 cm³/mol. The largest absolute Gasteiger partial charge is 0.332 e. The number of amides is 2. The molecular weight excluding hydrogens is 318 g/mol. The van der Waals surface area contributed by atoms with Crippen molar-refractivity contribution in [3.63, 3.8) is 0 Å². The number of piperazine rings is 1. The summed E-state index contributed by atoms with van der Waals surface area (Å²) >= 11 is 0. The normalized spacial score (nSPS) is 21.5. The zero-order chi connectivity index (χ0) is 17.8. The maximum atomic E-state index is 12.5. The molecule has 0 saturated carbocycles. The third-order valence-electron chi connectivity index (χ3n) is 4.80. The lowest BCUT2D eigenvalue weighted by molar-refractivity contribution is -0.902. The van der Waals surface area contributed by atoms with Crippen LogP contribution in [0.4, 0.5) is 5.69 Å². The lowest BCUT2D eigenvalue weighted by Gasteiger charge is -2.35. The van der Waals surface area contributed by atoms with Crippen LogP contribution in [0.1, 0.15) is 18.9 Å². The molecule has 0 spiro atoms. The van der Waals surface area contributed by atoms with E-state index in [-0.39, 0.29) is 18.2 Å². The monoisotopic (exact) mass is 344 g/mol. The van der Waals surface area contributed by atoms with Crippen LogP contribution in [0.5, 0.6) is 0 Å². The van der Waals surface area contributed by atoms with Crippen molar-refractivity contribution in [2.24, 2.45) is 4.99 Å². The van der Waals surface area contributed by atoms with Crippen LogP contribution in [0.25, 0.3) is 0 Å². The van der Waals surface area contributed by atoms with Crippen LogP contribution in [0.15, 0.2) is 29.3 Å². The highest BCUT2D eigenvalue weighted by Crippen LogP contribution is 2.13. The third-order valence-corrected chi connectivity index (χ3v) is 4.80. The quantitative estimate of drug-likeness (QED) is 0.685. The van der Waals surface area contributed by atoms with Gasteiger partial charge < -0.3 is 15.1 Å². The first kappa shape index (κ1) is 17.4. The molecule has 1 atom stereocenters. The number of likely N-dealkylation sites (N-methyl/N-ethyl adjacent to an activating group) is 1. The van der Waals surface area contributed by atoms with Gasteiger partial charge >= 0.3 is 0 Å². The summed E-state index contributed by atoms with van der Waals surface area (Å²) in [5, 5.41) is 5.67. The second-order valence-electron chi connectivity index (χ2n) is 6.67.